The number of amides is 13. The number of fused-ring (bicyclic) bond motifs is 4. The summed E-state index contributed by atoms with van der Waals surface area (Å²) in [4.78, 5) is 238. The molecule has 44 nitrogen and oxygen atoms in total. The van der Waals surface area contributed by atoms with Gasteiger partial charge in [0.15, 0.2) is 6.29 Å². The summed E-state index contributed by atoms with van der Waals surface area (Å²) in [6.07, 6.45) is -0.776. The van der Waals surface area contributed by atoms with Crippen molar-refractivity contribution in [2.24, 2.45) is 5.73 Å². The summed E-state index contributed by atoms with van der Waals surface area (Å²) in [6, 6.07) is 3.12. The van der Waals surface area contributed by atoms with Gasteiger partial charge in [0.2, 0.25) is 76.8 Å². The zero-order valence-corrected chi connectivity index (χ0v) is 78.2. The number of nitrogens with zero attached hydrogens (tertiary/aromatic N) is 6. The molecule has 46 heteroatoms. The molecule has 13 amide bonds. The number of unbranched alkanes of at least 4 members (excludes halogenated alkanes) is 3. The van der Waals surface area contributed by atoms with Gasteiger partial charge in [0, 0.05) is 160 Å². The van der Waals surface area contributed by atoms with E-state index in [1.54, 1.807) is 45.0 Å². The van der Waals surface area contributed by atoms with Crippen LogP contribution in [0.1, 0.15) is 146 Å². The summed E-state index contributed by atoms with van der Waals surface area (Å²) in [5.41, 5.74) is 7.66. The first-order valence-corrected chi connectivity index (χ1v) is 48.2. The van der Waals surface area contributed by atoms with Gasteiger partial charge in [-0.1, -0.05) is 74.4 Å². The van der Waals surface area contributed by atoms with Crippen LogP contribution in [0, 0.1) is 0 Å². The fourth-order valence-corrected chi connectivity index (χ4v) is 17.5. The standard InChI is InChI=1S/C88H138N18O26S2/c1-3-4-6-23-71(109)95-67-57-134-55-61-19-11-18-60(47-61)54-133-56-66(99-83(125)64(48-59-16-7-5-8-17-59)97-82(124)63(24-27-74(112)113)96-86(128)79(58(2)107)100-85(127)68-21-12-33-105(68)88(130)69-22-13-34-106(69)87(67)129)84(126)98-65(49-75(114)115)81(123)93-30-14-28-90-32-44-132-46-45-131-43-15-31-91-70(108)25-26-72(110)94-62(80(89)122)20-9-10-29-92-73(111)50-101-35-37-102(51-76(116)117)39-41-104(53-78(120)121)42-40-103(38-36-101)52-77(118)119/h5,7-8,11,16-19,47,58,62-69,76,79,90,107,116-117H,3-4,6,9-10,12-15,20-46,48-57H2,1-2H3,(H2,89,122)(H,91,108)(H,92,111)(H,93,123)(H,94,110)(H,95,109)(H,96,128)(H,97,124)(H,98,126)(H,99,125)(H,100,127)(H,112,113)(H,114,115)(H,118,119)(H,120,121)/t58-,62+,63+,64+,65+,66+,67+,68+,69+,79+/m1/s1. The normalized spacial score (nSPS) is 20.9. The van der Waals surface area contributed by atoms with E-state index >= 15 is 0 Å². The van der Waals surface area contributed by atoms with Crippen molar-refractivity contribution in [3.63, 3.8) is 0 Å². The smallest absolute Gasteiger partial charge is 0.317 e. The van der Waals surface area contributed by atoms with Crippen molar-refractivity contribution < 1.29 is 127 Å². The molecule has 20 N–H and O–H groups in total. The number of rotatable bonds is 48. The number of ether oxygens (including phenoxy) is 2. The highest BCUT2D eigenvalue weighted by atomic mass is 32.2. The first kappa shape index (κ1) is 112. The summed E-state index contributed by atoms with van der Waals surface area (Å²) in [5, 5.41) is 99.1. The summed E-state index contributed by atoms with van der Waals surface area (Å²) in [7, 11) is 0. The van der Waals surface area contributed by atoms with Crippen LogP contribution in [-0.2, 0) is 109 Å². The molecule has 3 fully saturated rings. The molecule has 134 heavy (non-hydrogen) atoms. The van der Waals surface area contributed by atoms with Crippen molar-refractivity contribution in [3.8, 4) is 0 Å². The second-order valence-electron chi connectivity index (χ2n) is 33.6. The molecule has 748 valence electrons. The minimum atomic E-state index is -1.80. The Morgan fingerprint density at radius 3 is 1.71 bits per heavy atom. The molecule has 6 rings (SSSR count). The van der Waals surface area contributed by atoms with Gasteiger partial charge in [0.25, 0.3) is 0 Å². The van der Waals surface area contributed by atoms with Gasteiger partial charge in [-0.15, -0.1) is 0 Å². The SMILES string of the molecule is CCCCCC(=O)N[C@H]1CSCc2cccc(c2)CSC[C@@H](C(=O)N[C@@H](CC(=O)O)C(=O)NCCCNCCOCCOCCCNC(=O)CCC(=O)N[C@@H](CCCCNC(=O)CN2CCN(CC(=O)O)CCN(CC(=O)O)CCN(CC(O)O)CC2)C(N)=O)NC(=O)[C@H](Cc2ccccc2)NC(=O)[C@H](CCC(=O)O)NC(=O)[C@H]([C@@H](C)O)NC(=O)[C@@H]2CCCN2C(=O)[C@@H]2CCCN2C1=O. The van der Waals surface area contributed by atoms with Crippen molar-refractivity contribution in [2.45, 2.75) is 214 Å². The van der Waals surface area contributed by atoms with Crippen LogP contribution in [-0.4, -0.2) is 395 Å². The van der Waals surface area contributed by atoms with E-state index in [0.717, 1.165) is 24.0 Å². The minimum absolute atomic E-state index is 0.0253. The third kappa shape index (κ3) is 44.0. The first-order valence-electron chi connectivity index (χ1n) is 45.9. The van der Waals surface area contributed by atoms with Gasteiger partial charge in [0.1, 0.15) is 54.4 Å². The number of carbonyl (C=O) groups excluding carboxylic acids is 13. The molecular weight excluding hydrogens is 1790 g/mol. The Hall–Kier alpha value is -10.3. The van der Waals surface area contributed by atoms with Gasteiger partial charge in [-0.2, -0.15) is 23.5 Å². The van der Waals surface area contributed by atoms with E-state index in [0.29, 0.717) is 82.4 Å². The number of benzene rings is 2. The highest BCUT2D eigenvalue weighted by Crippen LogP contribution is 2.28. The Kier molecular flexibility index (Phi) is 52.4. The lowest BCUT2D eigenvalue weighted by molar-refractivity contribution is -0.148. The molecule has 3 saturated heterocycles. The number of aliphatic hydroxyl groups excluding tert-OH is 2. The van der Waals surface area contributed by atoms with Gasteiger partial charge < -0.3 is 119 Å². The number of nitrogens with two attached hydrogens (primary N) is 1. The Morgan fingerprint density at radius 2 is 1.09 bits per heavy atom. The third-order valence-corrected chi connectivity index (χ3v) is 24.9. The fourth-order valence-electron chi connectivity index (χ4n) is 15.5. The first-order chi connectivity index (χ1) is 64.2. The molecule has 0 aliphatic carbocycles. The van der Waals surface area contributed by atoms with E-state index in [2.05, 4.69) is 58.5 Å². The lowest BCUT2D eigenvalue weighted by atomic mass is 10.0. The number of aliphatic carboxylic acids is 4. The number of primary amides is 1. The second-order valence-corrected chi connectivity index (χ2v) is 35.6. The van der Waals surface area contributed by atoms with Crippen molar-refractivity contribution in [2.75, 3.05) is 162 Å². The van der Waals surface area contributed by atoms with Gasteiger partial charge in [-0.3, -0.25) is 101 Å². The van der Waals surface area contributed by atoms with Crippen LogP contribution in [0.4, 0.5) is 0 Å². The lowest BCUT2D eigenvalue weighted by Gasteiger charge is -2.33. The quantitative estimate of drug-likeness (QED) is 0.0222. The number of aliphatic hydroxyl groups is 3. The maximum Gasteiger partial charge on any atom is 0.317 e. The van der Waals surface area contributed by atoms with Gasteiger partial charge >= 0.3 is 23.9 Å². The number of thioether (sulfide) groups is 2. The third-order valence-electron chi connectivity index (χ3n) is 22.6. The predicted molar refractivity (Wildman–Crippen MR) is 491 cm³/mol. The molecule has 4 heterocycles. The number of nitrogens with one attached hydrogen (secondary N) is 11. The lowest BCUT2D eigenvalue weighted by Crippen LogP contribution is -2.62. The van der Waals surface area contributed by atoms with E-state index in [-0.39, 0.29) is 199 Å². The van der Waals surface area contributed by atoms with Crippen molar-refractivity contribution in [1.82, 2.24) is 87.9 Å². The molecule has 0 spiro atoms. The molecule has 0 unspecified atom stereocenters. The zero-order chi connectivity index (χ0) is 97.9. The molecule has 2 bridgehead atoms. The van der Waals surface area contributed by atoms with E-state index in [1.165, 1.54) is 40.2 Å². The molecule has 2 aromatic carbocycles. The van der Waals surface area contributed by atoms with Crippen LogP contribution < -0.4 is 64.2 Å². The van der Waals surface area contributed by atoms with Gasteiger partial charge in [0.05, 0.1) is 52.0 Å². The van der Waals surface area contributed by atoms with E-state index in [4.69, 9.17) is 15.2 Å². The van der Waals surface area contributed by atoms with Crippen LogP contribution in [0.25, 0.3) is 0 Å². The topological polar surface area (TPSA) is 628 Å². The number of hydrogen-bond donors (Lipinski definition) is 19. The second kappa shape index (κ2) is 62.4. The Bertz CT molecular complexity index is 4130. The number of β-amino-alcohol motifs (C(OH)–C–C–N with tert-alkyl or cyclic N) is 2. The molecule has 0 saturated carbocycles. The van der Waals surface area contributed by atoms with Crippen LogP contribution in [0.15, 0.2) is 54.6 Å². The summed E-state index contributed by atoms with van der Waals surface area (Å²) >= 11 is 2.55. The van der Waals surface area contributed by atoms with Crippen LogP contribution in [0.2, 0.25) is 0 Å². The molecule has 4 aliphatic rings. The summed E-state index contributed by atoms with van der Waals surface area (Å²) in [5.74, 6) is -13.8. The van der Waals surface area contributed by atoms with Crippen molar-refractivity contribution >= 4 is 124 Å². The highest BCUT2D eigenvalue weighted by Gasteiger charge is 2.45. The zero-order valence-electron chi connectivity index (χ0n) is 76.5. The molecule has 0 aromatic heterocycles. The maximum atomic E-state index is 14.9. The number of hydrogen-bond acceptors (Lipinski definition) is 29. The molecule has 4 aliphatic heterocycles. The monoisotopic (exact) mass is 1930 g/mol. The van der Waals surface area contributed by atoms with Crippen LogP contribution >= 0.6 is 23.5 Å². The average Bonchev–Trinajstić information content (AvgIpc) is 1.64. The Morgan fingerprint density at radius 1 is 0.507 bits per heavy atom. The average molecular weight is 1930 g/mol. The van der Waals surface area contributed by atoms with E-state index < -0.39 is 175 Å². The number of carboxylic acid groups (broad SMARTS) is 4. The molecule has 2 aromatic rings. The minimum Gasteiger partial charge on any atom is -0.481 e. The van der Waals surface area contributed by atoms with Gasteiger partial charge in [-0.05, 0) is 101 Å². The Balaban J connectivity index is 0.968. The largest absolute Gasteiger partial charge is 0.481 e. The maximum absolute atomic E-state index is 14.9. The van der Waals surface area contributed by atoms with Crippen molar-refractivity contribution in [1.29, 1.82) is 0 Å². The fraction of sp³-hybridized carbons (Fsp3) is 0.670. The van der Waals surface area contributed by atoms with Crippen LogP contribution in [0.3, 0.4) is 0 Å². The van der Waals surface area contributed by atoms with E-state index in [9.17, 15) is 117 Å². The Labute approximate surface area is 788 Å². The van der Waals surface area contributed by atoms with E-state index in [1.807, 2.05) is 36.1 Å². The number of carbonyl (C=O) groups is 17. The summed E-state index contributed by atoms with van der Waals surface area (Å²) < 4.78 is 11.3. The molecule has 0 radical (unpaired) electrons. The number of carboxylic acids is 4. The predicted octanol–water partition coefficient (Wildman–Crippen LogP) is -4.03. The highest BCUT2D eigenvalue weighted by molar-refractivity contribution is 7.98. The molecule has 10 atom stereocenters. The van der Waals surface area contributed by atoms with Crippen LogP contribution in [0.5, 0.6) is 0 Å². The molecular formula is C88H138N18O26S2. The van der Waals surface area contributed by atoms with Gasteiger partial charge in [-0.25, -0.2) is 0 Å². The van der Waals surface area contributed by atoms with Crippen molar-refractivity contribution in [3.05, 3.63) is 71.3 Å². The summed E-state index contributed by atoms with van der Waals surface area (Å²) in [6.45, 7) is 7.15.